The maximum atomic E-state index is 12.9. The van der Waals surface area contributed by atoms with E-state index in [1.807, 2.05) is 41.3 Å². The molecule has 2 aliphatic rings. The largest absolute Gasteiger partial charge is 0.370 e. The molecule has 1 unspecified atom stereocenters. The summed E-state index contributed by atoms with van der Waals surface area (Å²) in [5, 5.41) is 0.659. The number of hydrogen-bond acceptors (Lipinski definition) is 3. The van der Waals surface area contributed by atoms with E-state index >= 15 is 0 Å². The van der Waals surface area contributed by atoms with Gasteiger partial charge in [-0.15, -0.1) is 0 Å². The van der Waals surface area contributed by atoms with E-state index in [1.54, 1.807) is 17.0 Å². The van der Waals surface area contributed by atoms with Crippen LogP contribution in [0.4, 0.5) is 5.69 Å². The maximum absolute atomic E-state index is 12.9. The summed E-state index contributed by atoms with van der Waals surface area (Å²) in [6.45, 7) is 2.29. The summed E-state index contributed by atoms with van der Waals surface area (Å²) >= 11 is 6.07. The highest BCUT2D eigenvalue weighted by Gasteiger charge is 2.27. The maximum Gasteiger partial charge on any atom is 0.254 e. The molecule has 2 saturated heterocycles. The van der Waals surface area contributed by atoms with Crippen molar-refractivity contribution in [2.24, 2.45) is 0 Å². The third-order valence-corrected chi connectivity index (χ3v) is 5.31. The van der Waals surface area contributed by atoms with Gasteiger partial charge in [0.2, 0.25) is 5.91 Å². The number of benzene rings is 2. The van der Waals surface area contributed by atoms with Crippen molar-refractivity contribution in [1.82, 2.24) is 4.90 Å². The molecule has 2 fully saturated rings. The van der Waals surface area contributed by atoms with Crippen LogP contribution < -0.4 is 4.90 Å². The van der Waals surface area contributed by atoms with E-state index in [-0.39, 0.29) is 17.9 Å². The Hall–Kier alpha value is -2.37. The number of hydrogen-bond donors (Lipinski definition) is 0. The normalized spacial score (nSPS) is 20.2. The monoisotopic (exact) mass is 384 g/mol. The summed E-state index contributed by atoms with van der Waals surface area (Å²) in [7, 11) is 0. The second kappa shape index (κ2) is 7.71. The minimum Gasteiger partial charge on any atom is -0.370 e. The molecule has 0 saturated carbocycles. The number of amides is 2. The Morgan fingerprint density at radius 2 is 1.93 bits per heavy atom. The highest BCUT2D eigenvalue weighted by molar-refractivity contribution is 6.30. The zero-order valence-electron chi connectivity index (χ0n) is 14.9. The first kappa shape index (κ1) is 18.0. The van der Waals surface area contributed by atoms with Crippen LogP contribution in [-0.2, 0) is 9.53 Å². The van der Waals surface area contributed by atoms with E-state index in [2.05, 4.69) is 0 Å². The van der Waals surface area contributed by atoms with E-state index in [0.29, 0.717) is 36.7 Å². The molecule has 5 nitrogen and oxygen atoms in total. The zero-order valence-corrected chi connectivity index (χ0v) is 15.7. The SMILES string of the molecule is O=C(c1ccc(N2CCCC2=O)cc1)N1CCOC(c2cccc(Cl)c2)C1. The van der Waals surface area contributed by atoms with E-state index < -0.39 is 0 Å². The van der Waals surface area contributed by atoms with E-state index in [1.165, 1.54) is 0 Å². The first-order valence-corrected chi connectivity index (χ1v) is 9.56. The van der Waals surface area contributed by atoms with Crippen LogP contribution in [0.3, 0.4) is 0 Å². The van der Waals surface area contributed by atoms with Gasteiger partial charge in [-0.1, -0.05) is 23.7 Å². The summed E-state index contributed by atoms with van der Waals surface area (Å²) in [6.07, 6.45) is 1.31. The molecule has 2 amide bonds. The summed E-state index contributed by atoms with van der Waals surface area (Å²) < 4.78 is 5.84. The van der Waals surface area contributed by atoms with Gasteiger partial charge in [0.05, 0.1) is 13.2 Å². The smallest absolute Gasteiger partial charge is 0.254 e. The van der Waals surface area contributed by atoms with Gasteiger partial charge in [-0.05, 0) is 48.4 Å². The fraction of sp³-hybridized carbons (Fsp3) is 0.333. The molecule has 4 rings (SSSR count). The van der Waals surface area contributed by atoms with Crippen molar-refractivity contribution in [3.63, 3.8) is 0 Å². The Labute approximate surface area is 163 Å². The number of anilines is 1. The van der Waals surface area contributed by atoms with Crippen LogP contribution in [0.2, 0.25) is 5.02 Å². The molecule has 2 heterocycles. The molecule has 0 radical (unpaired) electrons. The topological polar surface area (TPSA) is 49.9 Å². The molecule has 2 aromatic rings. The van der Waals surface area contributed by atoms with Gasteiger partial charge >= 0.3 is 0 Å². The molecule has 2 aliphatic heterocycles. The minimum atomic E-state index is -0.178. The summed E-state index contributed by atoms with van der Waals surface area (Å²) in [5.41, 5.74) is 2.45. The molecule has 2 aromatic carbocycles. The molecule has 0 bridgehead atoms. The number of carbonyl (C=O) groups excluding carboxylic acids is 2. The van der Waals surface area contributed by atoms with Crippen molar-refractivity contribution in [2.75, 3.05) is 31.1 Å². The van der Waals surface area contributed by atoms with Crippen molar-refractivity contribution >= 4 is 29.1 Å². The molecular weight excluding hydrogens is 364 g/mol. The van der Waals surface area contributed by atoms with Crippen LogP contribution in [0.1, 0.15) is 34.9 Å². The van der Waals surface area contributed by atoms with Gasteiger partial charge in [0.1, 0.15) is 6.10 Å². The fourth-order valence-electron chi connectivity index (χ4n) is 3.63. The lowest BCUT2D eigenvalue weighted by Crippen LogP contribution is -2.42. The number of ether oxygens (including phenoxy) is 1. The zero-order chi connectivity index (χ0) is 18.8. The van der Waals surface area contributed by atoms with Gasteiger partial charge in [-0.3, -0.25) is 9.59 Å². The van der Waals surface area contributed by atoms with Crippen molar-refractivity contribution < 1.29 is 14.3 Å². The van der Waals surface area contributed by atoms with Crippen molar-refractivity contribution in [3.05, 3.63) is 64.7 Å². The minimum absolute atomic E-state index is 0.0235. The van der Waals surface area contributed by atoms with Crippen LogP contribution in [0.25, 0.3) is 0 Å². The van der Waals surface area contributed by atoms with E-state index in [9.17, 15) is 9.59 Å². The average molecular weight is 385 g/mol. The third kappa shape index (κ3) is 3.84. The summed E-state index contributed by atoms with van der Waals surface area (Å²) in [5.74, 6) is 0.122. The fourth-order valence-corrected chi connectivity index (χ4v) is 3.83. The van der Waals surface area contributed by atoms with Crippen LogP contribution in [-0.4, -0.2) is 43.0 Å². The number of nitrogens with zero attached hydrogens (tertiary/aromatic N) is 2. The van der Waals surface area contributed by atoms with Crippen molar-refractivity contribution in [3.8, 4) is 0 Å². The average Bonchev–Trinajstić information content (AvgIpc) is 3.13. The molecule has 6 heteroatoms. The molecule has 1 atom stereocenters. The number of halogens is 1. The first-order chi connectivity index (χ1) is 13.1. The van der Waals surface area contributed by atoms with Crippen LogP contribution in [0, 0.1) is 0 Å². The number of morpholine rings is 1. The van der Waals surface area contributed by atoms with Gasteiger partial charge in [0.25, 0.3) is 5.91 Å². The second-order valence-electron chi connectivity index (χ2n) is 6.86. The molecule has 0 N–H and O–H groups in total. The van der Waals surface area contributed by atoms with Crippen LogP contribution >= 0.6 is 11.6 Å². The molecular formula is C21H21ClN2O3. The lowest BCUT2D eigenvalue weighted by atomic mass is 10.1. The quantitative estimate of drug-likeness (QED) is 0.811. The van der Waals surface area contributed by atoms with Gasteiger partial charge in [-0.2, -0.15) is 0 Å². The van der Waals surface area contributed by atoms with E-state index in [4.69, 9.17) is 16.3 Å². The molecule has 27 heavy (non-hydrogen) atoms. The molecule has 0 aliphatic carbocycles. The predicted molar refractivity (Wildman–Crippen MR) is 104 cm³/mol. The highest BCUT2D eigenvalue weighted by atomic mass is 35.5. The summed E-state index contributed by atoms with van der Waals surface area (Å²) in [6, 6.07) is 14.9. The van der Waals surface area contributed by atoms with Crippen molar-refractivity contribution in [1.29, 1.82) is 0 Å². The lowest BCUT2D eigenvalue weighted by Gasteiger charge is -2.33. The van der Waals surface area contributed by atoms with Gasteiger partial charge in [0.15, 0.2) is 0 Å². The van der Waals surface area contributed by atoms with Crippen LogP contribution in [0.15, 0.2) is 48.5 Å². The van der Waals surface area contributed by atoms with Crippen molar-refractivity contribution in [2.45, 2.75) is 18.9 Å². The first-order valence-electron chi connectivity index (χ1n) is 9.18. The Bertz CT molecular complexity index is 853. The number of carbonyl (C=O) groups is 2. The van der Waals surface area contributed by atoms with Gasteiger partial charge < -0.3 is 14.5 Å². The molecule has 0 aromatic heterocycles. The Morgan fingerprint density at radius 1 is 1.11 bits per heavy atom. The Kier molecular flexibility index (Phi) is 5.14. The predicted octanol–water partition coefficient (Wildman–Crippen LogP) is 3.68. The van der Waals surface area contributed by atoms with Gasteiger partial charge in [-0.25, -0.2) is 0 Å². The molecule has 0 spiro atoms. The van der Waals surface area contributed by atoms with Gasteiger partial charge in [0, 0.05) is 35.8 Å². The van der Waals surface area contributed by atoms with Crippen LogP contribution in [0.5, 0.6) is 0 Å². The third-order valence-electron chi connectivity index (χ3n) is 5.07. The number of rotatable bonds is 3. The Balaban J connectivity index is 1.46. The standard InChI is InChI=1S/C21H21ClN2O3/c22-17-4-1-3-16(13-17)19-14-23(11-12-27-19)21(26)15-6-8-18(9-7-15)24-10-2-5-20(24)25/h1,3-4,6-9,13,19H,2,5,10-12,14H2. The summed E-state index contributed by atoms with van der Waals surface area (Å²) in [4.78, 5) is 28.4. The second-order valence-corrected chi connectivity index (χ2v) is 7.30. The highest BCUT2D eigenvalue weighted by Crippen LogP contribution is 2.26. The Morgan fingerprint density at radius 3 is 2.63 bits per heavy atom. The molecule has 140 valence electrons. The lowest BCUT2D eigenvalue weighted by molar-refractivity contribution is -0.117. The van der Waals surface area contributed by atoms with E-state index in [0.717, 1.165) is 24.2 Å².